The normalized spacial score (nSPS) is 34.2. The molecule has 0 radical (unpaired) electrons. The molecule has 0 atom stereocenters. The lowest BCUT2D eigenvalue weighted by molar-refractivity contribution is -0.120. The second kappa shape index (κ2) is 9.21. The average molecular weight is 406 g/mol. The Hall–Kier alpha value is -1.34. The molecule has 4 bridgehead atoms. The largest absolute Gasteiger partial charge is 0.356 e. The van der Waals surface area contributed by atoms with Crippen LogP contribution in [0.1, 0.15) is 51.4 Å². The first kappa shape index (κ1) is 20.9. The number of carbonyl (C=O) groups excluding carboxylic acids is 2. The molecule has 29 heavy (non-hydrogen) atoms. The first-order chi connectivity index (χ1) is 14.0. The molecule has 7 heteroatoms. The van der Waals surface area contributed by atoms with Crippen molar-refractivity contribution >= 4 is 11.9 Å². The lowest BCUT2D eigenvalue weighted by atomic mass is 9.53. The first-order valence-corrected chi connectivity index (χ1v) is 11.7. The van der Waals surface area contributed by atoms with Crippen molar-refractivity contribution < 1.29 is 9.59 Å². The molecular weight excluding hydrogens is 366 g/mol. The number of nitrogens with zero attached hydrogens (tertiary/aromatic N) is 2. The quantitative estimate of drug-likeness (QED) is 0.534. The highest BCUT2D eigenvalue weighted by Gasteiger charge is 2.51. The van der Waals surface area contributed by atoms with Crippen LogP contribution in [0, 0.1) is 17.8 Å². The molecule has 1 heterocycles. The second-order valence-corrected chi connectivity index (χ2v) is 10.2. The van der Waals surface area contributed by atoms with E-state index in [1.807, 2.05) is 0 Å². The summed E-state index contributed by atoms with van der Waals surface area (Å²) >= 11 is 0. The van der Waals surface area contributed by atoms with Gasteiger partial charge in [-0.05, 0) is 76.3 Å². The van der Waals surface area contributed by atoms with Crippen LogP contribution in [0.3, 0.4) is 0 Å². The van der Waals surface area contributed by atoms with Crippen LogP contribution in [0.25, 0.3) is 0 Å². The maximum atomic E-state index is 12.4. The molecule has 4 aliphatic carbocycles. The SMILES string of the molecule is CN1CCN(CCCNC(=O)CCNC(=O)NC23CC4CC(CC(C4)C2)C3)CC1. The summed E-state index contributed by atoms with van der Waals surface area (Å²) in [5.74, 6) is 2.48. The highest BCUT2D eigenvalue weighted by molar-refractivity contribution is 5.78. The molecule has 4 saturated carbocycles. The lowest BCUT2D eigenvalue weighted by Gasteiger charge is -2.56. The fourth-order valence-electron chi connectivity index (χ4n) is 6.53. The molecule has 0 aromatic rings. The van der Waals surface area contributed by atoms with Gasteiger partial charge in [-0.1, -0.05) is 0 Å². The Morgan fingerprint density at radius 3 is 2.14 bits per heavy atom. The monoisotopic (exact) mass is 405 g/mol. The minimum atomic E-state index is -0.0881. The molecule has 1 saturated heterocycles. The van der Waals surface area contributed by atoms with Crippen molar-refractivity contribution in [2.24, 2.45) is 17.8 Å². The third-order valence-corrected chi connectivity index (χ3v) is 7.62. The first-order valence-electron chi connectivity index (χ1n) is 11.7. The summed E-state index contributed by atoms with van der Waals surface area (Å²) in [6.07, 6.45) is 8.91. The van der Waals surface area contributed by atoms with Gasteiger partial charge in [0, 0.05) is 51.2 Å². The van der Waals surface area contributed by atoms with Gasteiger partial charge >= 0.3 is 6.03 Å². The highest BCUT2D eigenvalue weighted by Crippen LogP contribution is 2.55. The summed E-state index contributed by atoms with van der Waals surface area (Å²) in [6, 6.07) is -0.0881. The molecule has 0 aromatic carbocycles. The fraction of sp³-hybridized carbons (Fsp3) is 0.909. The molecule has 5 rings (SSSR count). The fourth-order valence-corrected chi connectivity index (χ4v) is 6.53. The zero-order valence-corrected chi connectivity index (χ0v) is 18.0. The number of carbonyl (C=O) groups is 2. The number of rotatable bonds is 8. The van der Waals surface area contributed by atoms with Crippen LogP contribution < -0.4 is 16.0 Å². The third-order valence-electron chi connectivity index (χ3n) is 7.62. The maximum absolute atomic E-state index is 12.4. The Morgan fingerprint density at radius 1 is 0.897 bits per heavy atom. The van der Waals surface area contributed by atoms with Crippen molar-refractivity contribution in [1.82, 2.24) is 25.8 Å². The average Bonchev–Trinajstić information content (AvgIpc) is 2.65. The number of amides is 3. The van der Waals surface area contributed by atoms with E-state index in [-0.39, 0.29) is 17.5 Å². The molecule has 164 valence electrons. The van der Waals surface area contributed by atoms with E-state index in [1.165, 1.54) is 19.3 Å². The number of urea groups is 1. The van der Waals surface area contributed by atoms with Crippen molar-refractivity contribution in [2.75, 3.05) is 52.9 Å². The van der Waals surface area contributed by atoms with Gasteiger partial charge in [0.2, 0.25) is 5.91 Å². The summed E-state index contributed by atoms with van der Waals surface area (Å²) < 4.78 is 0. The van der Waals surface area contributed by atoms with E-state index in [1.54, 1.807) is 0 Å². The van der Waals surface area contributed by atoms with Gasteiger partial charge in [0.25, 0.3) is 0 Å². The molecule has 5 aliphatic rings. The van der Waals surface area contributed by atoms with Crippen molar-refractivity contribution in [2.45, 2.75) is 56.9 Å². The number of hydrogen-bond acceptors (Lipinski definition) is 4. The van der Waals surface area contributed by atoms with Crippen LogP contribution in [0.4, 0.5) is 4.79 Å². The Labute approximate surface area is 175 Å². The summed E-state index contributed by atoms with van der Waals surface area (Å²) in [5, 5.41) is 9.19. The molecule has 3 amide bonds. The van der Waals surface area contributed by atoms with Crippen LogP contribution in [-0.4, -0.2) is 80.1 Å². The van der Waals surface area contributed by atoms with Gasteiger partial charge in [-0.15, -0.1) is 0 Å². The van der Waals surface area contributed by atoms with Crippen LogP contribution >= 0.6 is 0 Å². The zero-order valence-electron chi connectivity index (χ0n) is 18.0. The molecule has 1 aliphatic heterocycles. The molecule has 0 aromatic heterocycles. The molecule has 5 fully saturated rings. The van der Waals surface area contributed by atoms with E-state index in [0.29, 0.717) is 19.5 Å². The molecule has 0 unspecified atom stereocenters. The summed E-state index contributed by atoms with van der Waals surface area (Å²) in [7, 11) is 2.16. The van der Waals surface area contributed by atoms with Gasteiger partial charge in [-0.25, -0.2) is 4.79 Å². The summed E-state index contributed by atoms with van der Waals surface area (Å²) in [5.41, 5.74) is 0.0321. The lowest BCUT2D eigenvalue weighted by Crippen LogP contribution is -2.61. The van der Waals surface area contributed by atoms with Crippen molar-refractivity contribution in [3.8, 4) is 0 Å². The Bertz CT molecular complexity index is 552. The van der Waals surface area contributed by atoms with Crippen molar-refractivity contribution in [3.05, 3.63) is 0 Å². The number of nitrogens with one attached hydrogen (secondary N) is 3. The van der Waals surface area contributed by atoms with Gasteiger partial charge in [0.15, 0.2) is 0 Å². The minimum Gasteiger partial charge on any atom is -0.356 e. The van der Waals surface area contributed by atoms with E-state index in [9.17, 15) is 9.59 Å². The zero-order chi connectivity index (χ0) is 20.3. The van der Waals surface area contributed by atoms with Crippen LogP contribution in [0.2, 0.25) is 0 Å². The van der Waals surface area contributed by atoms with E-state index in [0.717, 1.165) is 76.2 Å². The number of likely N-dealkylation sites (N-methyl/N-ethyl adjacent to an activating group) is 1. The maximum Gasteiger partial charge on any atom is 0.315 e. The predicted octanol–water partition coefficient (Wildman–Crippen LogP) is 1.40. The van der Waals surface area contributed by atoms with Gasteiger partial charge in [0.05, 0.1) is 0 Å². The number of hydrogen-bond donors (Lipinski definition) is 3. The Balaban J connectivity index is 1.06. The van der Waals surface area contributed by atoms with Crippen molar-refractivity contribution in [1.29, 1.82) is 0 Å². The minimum absolute atomic E-state index is 0.0264. The number of piperazine rings is 1. The van der Waals surface area contributed by atoms with Crippen LogP contribution in [-0.2, 0) is 4.79 Å². The Morgan fingerprint density at radius 2 is 1.52 bits per heavy atom. The van der Waals surface area contributed by atoms with Crippen LogP contribution in [0.5, 0.6) is 0 Å². The second-order valence-electron chi connectivity index (χ2n) is 10.2. The smallest absolute Gasteiger partial charge is 0.315 e. The third kappa shape index (κ3) is 5.63. The van der Waals surface area contributed by atoms with Crippen molar-refractivity contribution in [3.63, 3.8) is 0 Å². The molecule has 0 spiro atoms. The standard InChI is InChI=1S/C22H39N5O2/c1-26-7-9-27(10-8-26)6-2-4-23-20(28)3-5-24-21(29)25-22-14-17-11-18(15-22)13-19(12-17)16-22/h17-19H,2-16H2,1H3,(H,23,28)(H2,24,25,29). The highest BCUT2D eigenvalue weighted by atomic mass is 16.2. The summed E-state index contributed by atoms with van der Waals surface area (Å²) in [4.78, 5) is 29.2. The topological polar surface area (TPSA) is 76.7 Å². The van der Waals surface area contributed by atoms with Gasteiger partial charge in [-0.3, -0.25) is 4.79 Å². The van der Waals surface area contributed by atoms with Gasteiger partial charge in [0.1, 0.15) is 0 Å². The van der Waals surface area contributed by atoms with E-state index in [4.69, 9.17) is 0 Å². The molecule has 3 N–H and O–H groups in total. The van der Waals surface area contributed by atoms with Gasteiger partial charge in [-0.2, -0.15) is 0 Å². The summed E-state index contributed by atoms with van der Waals surface area (Å²) in [6.45, 7) is 6.65. The van der Waals surface area contributed by atoms with E-state index in [2.05, 4.69) is 32.8 Å². The Kier molecular flexibility index (Phi) is 6.64. The molecular formula is C22H39N5O2. The van der Waals surface area contributed by atoms with E-state index >= 15 is 0 Å². The van der Waals surface area contributed by atoms with Gasteiger partial charge < -0.3 is 25.8 Å². The van der Waals surface area contributed by atoms with E-state index < -0.39 is 0 Å². The van der Waals surface area contributed by atoms with Crippen LogP contribution in [0.15, 0.2) is 0 Å². The molecule has 7 nitrogen and oxygen atoms in total. The predicted molar refractivity (Wildman–Crippen MR) is 114 cm³/mol.